The first-order valence-electron chi connectivity index (χ1n) is 14.4. The van der Waals surface area contributed by atoms with Crippen molar-refractivity contribution in [3.05, 3.63) is 36.4 Å². The summed E-state index contributed by atoms with van der Waals surface area (Å²) in [4.78, 5) is 18.4. The van der Waals surface area contributed by atoms with Gasteiger partial charge >= 0.3 is 0 Å². The molecule has 208 valence electrons. The van der Waals surface area contributed by atoms with Gasteiger partial charge in [0, 0.05) is 50.1 Å². The molecule has 5 heterocycles. The zero-order chi connectivity index (χ0) is 26.3. The number of allylic oxidation sites excluding steroid dienone is 1. The van der Waals surface area contributed by atoms with E-state index >= 15 is 0 Å². The molecule has 0 radical (unpaired) electrons. The van der Waals surface area contributed by atoms with Crippen LogP contribution in [0, 0.1) is 5.92 Å². The molecule has 38 heavy (non-hydrogen) atoms. The lowest BCUT2D eigenvalue weighted by atomic mass is 9.85. The maximum absolute atomic E-state index is 13.5. The average molecular weight is 525 g/mol. The van der Waals surface area contributed by atoms with Crippen LogP contribution in [0.25, 0.3) is 0 Å². The van der Waals surface area contributed by atoms with Crippen LogP contribution in [-0.2, 0) is 4.79 Å². The summed E-state index contributed by atoms with van der Waals surface area (Å²) < 4.78 is 0. The fraction of sp³-hybridized carbons (Fsp3) is 0.679. The molecular weight excluding hydrogens is 480 g/mol. The lowest BCUT2D eigenvalue weighted by Gasteiger charge is -2.47. The van der Waals surface area contributed by atoms with E-state index < -0.39 is 5.60 Å². The maximum atomic E-state index is 13.5. The summed E-state index contributed by atoms with van der Waals surface area (Å²) in [5.74, 6) is -0.00348. The predicted octanol–water partition coefficient (Wildman–Crippen LogP) is 0.897. The highest BCUT2D eigenvalue weighted by Gasteiger charge is 2.52. The van der Waals surface area contributed by atoms with Crippen LogP contribution in [0.2, 0.25) is 0 Å². The summed E-state index contributed by atoms with van der Waals surface area (Å²) >= 11 is 0. The normalized spacial score (nSPS) is 37.8. The van der Waals surface area contributed by atoms with Crippen LogP contribution in [-0.4, -0.2) is 103 Å². The fourth-order valence-electron chi connectivity index (χ4n) is 6.73. The minimum atomic E-state index is -0.775. The van der Waals surface area contributed by atoms with Gasteiger partial charge in [0.1, 0.15) is 6.29 Å². The number of anilines is 2. The number of benzene rings is 1. The zero-order valence-electron chi connectivity index (χ0n) is 22.8. The van der Waals surface area contributed by atoms with Crippen molar-refractivity contribution in [3.63, 3.8) is 0 Å². The van der Waals surface area contributed by atoms with Gasteiger partial charge in [-0.05, 0) is 70.3 Å². The number of nitrogens with zero attached hydrogens (tertiary/aromatic N) is 4. The Morgan fingerprint density at radius 1 is 1.05 bits per heavy atom. The minimum absolute atomic E-state index is 0.000189. The molecule has 6 rings (SSSR count). The number of amides is 1. The Labute approximate surface area is 226 Å². The van der Waals surface area contributed by atoms with Crippen molar-refractivity contribution in [2.75, 3.05) is 56.5 Å². The van der Waals surface area contributed by atoms with Gasteiger partial charge in [0.15, 0.2) is 0 Å². The third kappa shape index (κ3) is 5.17. The quantitative estimate of drug-likeness (QED) is 0.370. The summed E-state index contributed by atoms with van der Waals surface area (Å²) in [6, 6.07) is 8.68. The number of hydrogen-bond acceptors (Lipinski definition) is 9. The summed E-state index contributed by atoms with van der Waals surface area (Å²) in [7, 11) is 2.18. The number of hydrazine groups is 1. The third-order valence-electron chi connectivity index (χ3n) is 9.14. The Kier molecular flexibility index (Phi) is 7.36. The maximum Gasteiger partial charge on any atom is 0.244 e. The molecule has 0 aliphatic carbocycles. The Bertz CT molecular complexity index is 1010. The van der Waals surface area contributed by atoms with Gasteiger partial charge in [-0.3, -0.25) is 25.8 Å². The molecule has 10 nitrogen and oxygen atoms in total. The molecule has 0 spiro atoms. The van der Waals surface area contributed by atoms with E-state index in [1.807, 2.05) is 11.9 Å². The zero-order valence-corrected chi connectivity index (χ0v) is 22.8. The van der Waals surface area contributed by atoms with Gasteiger partial charge in [0.25, 0.3) is 0 Å². The average Bonchev–Trinajstić information content (AvgIpc) is 3.19. The van der Waals surface area contributed by atoms with Crippen molar-refractivity contribution < 1.29 is 9.90 Å². The second-order valence-electron chi connectivity index (χ2n) is 11.9. The SMILES string of the molecule is CN1CCN(c2ccc(NC3NCC4C(=O)N5C/C=C\CCC(C)(O)C6CCCC(N6)N5C4N3)cc2)CC1. The molecule has 1 amide bonds. The summed E-state index contributed by atoms with van der Waals surface area (Å²) in [6.45, 7) is 7.41. The van der Waals surface area contributed by atoms with Crippen molar-refractivity contribution in [1.82, 2.24) is 30.9 Å². The molecule has 4 fully saturated rings. The highest BCUT2D eigenvalue weighted by molar-refractivity contribution is 5.82. The van der Waals surface area contributed by atoms with Crippen molar-refractivity contribution in [2.45, 2.75) is 69.3 Å². The standard InChI is InChI=1S/C28H44N8O2/c1-28(38)13-4-3-5-14-35-26(37)22-19-29-27(32-25(22)36(35)24-8-6-7-23(28)31-24)30-20-9-11-21(12-10-20)34-17-15-33(2)16-18-34/h3,5,9-12,22-25,27,29-32,38H,4,6-8,13-19H2,1-2H3/b5-3-. The largest absolute Gasteiger partial charge is 0.389 e. The predicted molar refractivity (Wildman–Crippen MR) is 149 cm³/mol. The van der Waals surface area contributed by atoms with E-state index in [0.29, 0.717) is 13.1 Å². The fourth-order valence-corrected chi connectivity index (χ4v) is 6.73. The monoisotopic (exact) mass is 524 g/mol. The molecular formula is C28H44N8O2. The summed E-state index contributed by atoms with van der Waals surface area (Å²) in [5, 5.41) is 29.9. The summed E-state index contributed by atoms with van der Waals surface area (Å²) in [6.07, 6.45) is 8.37. The van der Waals surface area contributed by atoms with E-state index in [4.69, 9.17) is 0 Å². The smallest absolute Gasteiger partial charge is 0.244 e. The van der Waals surface area contributed by atoms with Crippen LogP contribution in [0.5, 0.6) is 0 Å². The Hall–Kier alpha value is -2.21. The molecule has 0 saturated carbocycles. The number of piperidine rings is 1. The number of aliphatic hydroxyl groups is 1. The van der Waals surface area contributed by atoms with Gasteiger partial charge in [-0.15, -0.1) is 0 Å². The molecule has 4 saturated heterocycles. The third-order valence-corrected chi connectivity index (χ3v) is 9.14. The lowest BCUT2D eigenvalue weighted by molar-refractivity contribution is -0.146. The van der Waals surface area contributed by atoms with E-state index in [1.54, 1.807) is 0 Å². The van der Waals surface area contributed by atoms with Crippen LogP contribution < -0.4 is 26.2 Å². The topological polar surface area (TPSA) is 98.4 Å². The van der Waals surface area contributed by atoms with E-state index in [2.05, 4.69) is 79.5 Å². The molecule has 5 aliphatic heterocycles. The number of carbonyl (C=O) groups excluding carboxylic acids is 1. The molecule has 6 atom stereocenters. The van der Waals surface area contributed by atoms with Crippen molar-refractivity contribution in [1.29, 1.82) is 0 Å². The van der Waals surface area contributed by atoms with Crippen molar-refractivity contribution >= 4 is 17.3 Å². The highest BCUT2D eigenvalue weighted by Crippen LogP contribution is 2.34. The van der Waals surface area contributed by atoms with Gasteiger partial charge in [-0.25, -0.2) is 0 Å². The van der Waals surface area contributed by atoms with Crippen LogP contribution in [0.3, 0.4) is 0 Å². The van der Waals surface area contributed by atoms with Gasteiger partial charge in [-0.2, -0.15) is 5.01 Å². The Morgan fingerprint density at radius 2 is 1.84 bits per heavy atom. The molecule has 5 N–H and O–H groups in total. The van der Waals surface area contributed by atoms with E-state index in [9.17, 15) is 9.90 Å². The van der Waals surface area contributed by atoms with Gasteiger partial charge in [0.05, 0.1) is 30.4 Å². The minimum Gasteiger partial charge on any atom is -0.389 e. The lowest BCUT2D eigenvalue weighted by Crippen LogP contribution is -2.69. The number of piperazine rings is 1. The Morgan fingerprint density at radius 3 is 2.63 bits per heavy atom. The Balaban J connectivity index is 1.16. The number of carbonyl (C=O) groups is 1. The van der Waals surface area contributed by atoms with E-state index in [-0.39, 0.29) is 36.5 Å². The molecule has 5 aliphatic rings. The molecule has 1 aromatic rings. The summed E-state index contributed by atoms with van der Waals surface area (Å²) in [5.41, 5.74) is 1.53. The van der Waals surface area contributed by atoms with Gasteiger partial charge in [-0.1, -0.05) is 12.2 Å². The second kappa shape index (κ2) is 10.7. The van der Waals surface area contributed by atoms with Crippen LogP contribution in [0.15, 0.2) is 36.4 Å². The molecule has 6 unspecified atom stereocenters. The van der Waals surface area contributed by atoms with E-state index in [1.165, 1.54) is 5.69 Å². The van der Waals surface area contributed by atoms with Crippen molar-refractivity contribution in [3.8, 4) is 0 Å². The van der Waals surface area contributed by atoms with Crippen LogP contribution >= 0.6 is 0 Å². The molecule has 1 aromatic carbocycles. The number of likely N-dealkylation sites (N-methyl/N-ethyl adjacent to an activating group) is 1. The van der Waals surface area contributed by atoms with Crippen molar-refractivity contribution in [2.24, 2.45) is 5.92 Å². The number of nitrogens with one attached hydrogen (secondary N) is 4. The molecule has 0 aromatic heterocycles. The van der Waals surface area contributed by atoms with E-state index in [0.717, 1.165) is 64.0 Å². The number of rotatable bonds is 3. The first-order valence-corrected chi connectivity index (χ1v) is 14.4. The molecule has 2 bridgehead atoms. The molecule has 10 heteroatoms. The highest BCUT2D eigenvalue weighted by atomic mass is 16.3. The number of hydrogen-bond donors (Lipinski definition) is 5. The number of fused-ring (bicyclic) bond motifs is 6. The van der Waals surface area contributed by atoms with Crippen LogP contribution in [0.1, 0.15) is 39.0 Å². The first-order chi connectivity index (χ1) is 18.4. The van der Waals surface area contributed by atoms with Gasteiger partial charge in [0.2, 0.25) is 5.91 Å². The second-order valence-corrected chi connectivity index (χ2v) is 11.9. The van der Waals surface area contributed by atoms with Gasteiger partial charge < -0.3 is 20.2 Å². The first kappa shape index (κ1) is 26.0. The van der Waals surface area contributed by atoms with Crippen LogP contribution in [0.4, 0.5) is 11.4 Å².